The predicted octanol–water partition coefficient (Wildman–Crippen LogP) is 4.11. The van der Waals surface area contributed by atoms with Crippen LogP contribution in [0.25, 0.3) is 0 Å². The first-order valence-corrected chi connectivity index (χ1v) is 10.8. The Morgan fingerprint density at radius 1 is 1.00 bits per heavy atom. The van der Waals surface area contributed by atoms with Gasteiger partial charge in [0.15, 0.2) is 0 Å². The zero-order valence-corrected chi connectivity index (χ0v) is 17.9. The van der Waals surface area contributed by atoms with E-state index >= 15 is 0 Å². The maximum atomic E-state index is 12.8. The van der Waals surface area contributed by atoms with Crippen LogP contribution >= 0.6 is 0 Å². The van der Waals surface area contributed by atoms with Gasteiger partial charge in [-0.15, -0.1) is 0 Å². The number of hydrogen-bond acceptors (Lipinski definition) is 3. The van der Waals surface area contributed by atoms with Crippen molar-refractivity contribution in [2.45, 2.75) is 39.2 Å². The number of hydrogen-bond donors (Lipinski definition) is 3. The molecule has 1 unspecified atom stereocenters. The molecule has 0 aliphatic carbocycles. The minimum atomic E-state index is -0.257. The van der Waals surface area contributed by atoms with Crippen LogP contribution in [0.1, 0.15) is 32.3 Å². The van der Waals surface area contributed by atoms with Crippen molar-refractivity contribution in [3.8, 4) is 0 Å². The molecule has 30 heavy (non-hydrogen) atoms. The third-order valence-electron chi connectivity index (χ3n) is 5.67. The monoisotopic (exact) mass is 408 g/mol. The molecule has 6 heteroatoms. The van der Waals surface area contributed by atoms with Crippen LogP contribution in [0.2, 0.25) is 0 Å². The second-order valence-electron chi connectivity index (χ2n) is 7.90. The molecule has 0 spiro atoms. The number of carbonyl (C=O) groups is 2. The average molecular weight is 409 g/mol. The van der Waals surface area contributed by atoms with Crippen molar-refractivity contribution in [1.29, 1.82) is 0 Å². The van der Waals surface area contributed by atoms with Crippen LogP contribution in [0, 0.1) is 5.92 Å². The number of urea groups is 1. The lowest BCUT2D eigenvalue weighted by Crippen LogP contribution is -2.46. The van der Waals surface area contributed by atoms with E-state index < -0.39 is 0 Å². The summed E-state index contributed by atoms with van der Waals surface area (Å²) in [5.41, 5.74) is 2.72. The number of amides is 3. The topological polar surface area (TPSA) is 73.5 Å². The second kappa shape index (κ2) is 10.8. The van der Waals surface area contributed by atoms with Crippen LogP contribution in [-0.2, 0) is 11.2 Å². The molecule has 1 fully saturated rings. The summed E-state index contributed by atoms with van der Waals surface area (Å²) >= 11 is 0. The van der Waals surface area contributed by atoms with Gasteiger partial charge in [-0.25, -0.2) is 4.79 Å². The van der Waals surface area contributed by atoms with Crippen molar-refractivity contribution >= 4 is 23.3 Å². The van der Waals surface area contributed by atoms with Gasteiger partial charge in [0.1, 0.15) is 0 Å². The van der Waals surface area contributed by atoms with Crippen molar-refractivity contribution in [3.05, 3.63) is 60.2 Å². The predicted molar refractivity (Wildman–Crippen MR) is 122 cm³/mol. The number of carbonyl (C=O) groups excluding carboxylic acids is 2. The Hall–Kier alpha value is -2.86. The summed E-state index contributed by atoms with van der Waals surface area (Å²) in [6.45, 7) is 6.25. The van der Waals surface area contributed by atoms with Crippen LogP contribution in [0.15, 0.2) is 54.6 Å². The van der Waals surface area contributed by atoms with Crippen molar-refractivity contribution < 1.29 is 9.59 Å². The van der Waals surface area contributed by atoms with Gasteiger partial charge in [0, 0.05) is 17.9 Å². The van der Waals surface area contributed by atoms with E-state index in [-0.39, 0.29) is 18.0 Å². The molecule has 1 saturated heterocycles. The van der Waals surface area contributed by atoms with Crippen molar-refractivity contribution in [1.82, 2.24) is 10.2 Å². The Labute approximate surface area is 179 Å². The van der Waals surface area contributed by atoms with E-state index in [2.05, 4.69) is 51.2 Å². The molecule has 3 N–H and O–H groups in total. The molecule has 0 radical (unpaired) electrons. The second-order valence-corrected chi connectivity index (χ2v) is 7.90. The Morgan fingerprint density at radius 2 is 1.67 bits per heavy atom. The number of nitrogens with one attached hydrogen (secondary N) is 3. The van der Waals surface area contributed by atoms with Gasteiger partial charge < -0.3 is 16.0 Å². The highest BCUT2D eigenvalue weighted by atomic mass is 16.2. The molecule has 2 aromatic carbocycles. The van der Waals surface area contributed by atoms with Gasteiger partial charge in [0.05, 0.1) is 6.04 Å². The molecule has 1 atom stereocenters. The highest BCUT2D eigenvalue weighted by molar-refractivity contribution is 5.96. The average Bonchev–Trinajstić information content (AvgIpc) is 2.75. The summed E-state index contributed by atoms with van der Waals surface area (Å²) < 4.78 is 0. The first-order chi connectivity index (χ1) is 14.5. The lowest BCUT2D eigenvalue weighted by molar-refractivity contribution is -0.121. The minimum absolute atomic E-state index is 0.0216. The third-order valence-corrected chi connectivity index (χ3v) is 5.67. The van der Waals surface area contributed by atoms with Crippen molar-refractivity contribution in [2.75, 3.05) is 30.3 Å². The summed E-state index contributed by atoms with van der Waals surface area (Å²) in [7, 11) is 0. The number of anilines is 2. The third kappa shape index (κ3) is 6.32. The normalized spacial score (nSPS) is 15.9. The standard InChI is InChI=1S/C24H32N4O2/c1-3-25-24(30)27-22-11-7-10-21(17-22)26-23(29)18(2)28-14-12-20(13-15-28)16-19-8-5-4-6-9-19/h4-11,17-18,20H,3,12-16H2,1-2H3,(H,26,29)(H2,25,27,30). The molecule has 0 saturated carbocycles. The van der Waals surface area contributed by atoms with Gasteiger partial charge in [-0.05, 0) is 75.9 Å². The fourth-order valence-corrected chi connectivity index (χ4v) is 3.91. The summed E-state index contributed by atoms with van der Waals surface area (Å²) in [6.07, 6.45) is 3.33. The molecule has 6 nitrogen and oxygen atoms in total. The number of rotatable bonds is 7. The smallest absolute Gasteiger partial charge is 0.319 e. The Kier molecular flexibility index (Phi) is 7.85. The SMILES string of the molecule is CCNC(=O)Nc1cccc(NC(=O)C(C)N2CCC(Cc3ccccc3)CC2)c1. The highest BCUT2D eigenvalue weighted by Crippen LogP contribution is 2.23. The molecule has 1 aliphatic rings. The van der Waals surface area contributed by atoms with Gasteiger partial charge in [0.25, 0.3) is 0 Å². The van der Waals surface area contributed by atoms with Crippen LogP contribution in [-0.4, -0.2) is 42.5 Å². The fourth-order valence-electron chi connectivity index (χ4n) is 3.91. The zero-order valence-electron chi connectivity index (χ0n) is 17.9. The van der Waals surface area contributed by atoms with Gasteiger partial charge in [0.2, 0.25) is 5.91 Å². The molecule has 2 aromatic rings. The highest BCUT2D eigenvalue weighted by Gasteiger charge is 2.26. The lowest BCUT2D eigenvalue weighted by atomic mass is 9.89. The van der Waals surface area contributed by atoms with Crippen LogP contribution in [0.4, 0.5) is 16.2 Å². The number of nitrogens with zero attached hydrogens (tertiary/aromatic N) is 1. The summed E-state index contributed by atoms with van der Waals surface area (Å²) in [4.78, 5) is 26.7. The van der Waals surface area contributed by atoms with E-state index in [9.17, 15) is 9.59 Å². The maximum Gasteiger partial charge on any atom is 0.319 e. The first kappa shape index (κ1) is 21.8. The Bertz CT molecular complexity index is 832. The minimum Gasteiger partial charge on any atom is -0.338 e. The van der Waals surface area contributed by atoms with Gasteiger partial charge in [-0.2, -0.15) is 0 Å². The molecule has 0 bridgehead atoms. The van der Waals surface area contributed by atoms with E-state index in [1.165, 1.54) is 5.56 Å². The quantitative estimate of drug-likeness (QED) is 0.645. The van der Waals surface area contributed by atoms with E-state index in [0.29, 0.717) is 23.8 Å². The number of piperidine rings is 1. The van der Waals surface area contributed by atoms with E-state index in [1.54, 1.807) is 12.1 Å². The van der Waals surface area contributed by atoms with Crippen LogP contribution in [0.3, 0.4) is 0 Å². The summed E-state index contributed by atoms with van der Waals surface area (Å²) in [6, 6.07) is 17.4. The van der Waals surface area contributed by atoms with E-state index in [1.807, 2.05) is 26.0 Å². The molecule has 1 heterocycles. The molecule has 0 aromatic heterocycles. The molecular weight excluding hydrogens is 376 g/mol. The summed E-state index contributed by atoms with van der Waals surface area (Å²) in [5.74, 6) is 0.655. The Balaban J connectivity index is 1.48. The maximum absolute atomic E-state index is 12.8. The summed E-state index contributed by atoms with van der Waals surface area (Å²) in [5, 5.41) is 8.44. The van der Waals surface area contributed by atoms with E-state index in [4.69, 9.17) is 0 Å². The van der Waals surface area contributed by atoms with Gasteiger partial charge in [-0.3, -0.25) is 9.69 Å². The van der Waals surface area contributed by atoms with Crippen molar-refractivity contribution in [3.63, 3.8) is 0 Å². The Morgan fingerprint density at radius 3 is 2.33 bits per heavy atom. The molecule has 3 rings (SSSR count). The molecule has 160 valence electrons. The van der Waals surface area contributed by atoms with E-state index in [0.717, 1.165) is 32.4 Å². The zero-order chi connectivity index (χ0) is 21.3. The molecule has 1 aliphatic heterocycles. The van der Waals surface area contributed by atoms with Crippen LogP contribution < -0.4 is 16.0 Å². The molecular formula is C24H32N4O2. The lowest BCUT2D eigenvalue weighted by Gasteiger charge is -2.35. The molecule has 3 amide bonds. The fraction of sp³-hybridized carbons (Fsp3) is 0.417. The van der Waals surface area contributed by atoms with Crippen LogP contribution in [0.5, 0.6) is 0 Å². The number of likely N-dealkylation sites (tertiary alicyclic amines) is 1. The van der Waals surface area contributed by atoms with Gasteiger partial charge in [-0.1, -0.05) is 36.4 Å². The van der Waals surface area contributed by atoms with Crippen molar-refractivity contribution in [2.24, 2.45) is 5.92 Å². The van der Waals surface area contributed by atoms with Gasteiger partial charge >= 0.3 is 6.03 Å². The first-order valence-electron chi connectivity index (χ1n) is 10.8. The number of benzene rings is 2. The largest absolute Gasteiger partial charge is 0.338 e.